The SMILES string of the molecule is CC[C@H]1OC[C@]2(c3cc([N+](=O)[O-])ccc3F)N=C(N)SC[C@H]12. The highest BCUT2D eigenvalue weighted by molar-refractivity contribution is 8.13. The number of halogens is 1. The summed E-state index contributed by atoms with van der Waals surface area (Å²) < 4.78 is 20.2. The third kappa shape index (κ3) is 2.26. The van der Waals surface area contributed by atoms with Gasteiger partial charge in [-0.3, -0.25) is 10.1 Å². The summed E-state index contributed by atoms with van der Waals surface area (Å²) in [7, 11) is 0. The summed E-state index contributed by atoms with van der Waals surface area (Å²) in [5, 5.41) is 11.4. The van der Waals surface area contributed by atoms with E-state index in [9.17, 15) is 14.5 Å². The van der Waals surface area contributed by atoms with Crippen molar-refractivity contribution in [1.82, 2.24) is 0 Å². The number of non-ortho nitro benzene ring substituents is 1. The molecule has 1 aromatic rings. The number of rotatable bonds is 3. The third-order valence-corrected chi connectivity index (χ3v) is 5.24. The molecule has 2 aliphatic rings. The van der Waals surface area contributed by atoms with E-state index < -0.39 is 16.3 Å². The van der Waals surface area contributed by atoms with Gasteiger partial charge in [0.2, 0.25) is 0 Å². The molecule has 2 N–H and O–H groups in total. The van der Waals surface area contributed by atoms with Gasteiger partial charge in [0.15, 0.2) is 5.17 Å². The van der Waals surface area contributed by atoms with Gasteiger partial charge in [0.1, 0.15) is 11.4 Å². The van der Waals surface area contributed by atoms with Crippen LogP contribution >= 0.6 is 11.8 Å². The van der Waals surface area contributed by atoms with Crippen molar-refractivity contribution in [2.24, 2.45) is 16.6 Å². The van der Waals surface area contributed by atoms with E-state index in [0.717, 1.165) is 18.6 Å². The van der Waals surface area contributed by atoms with Gasteiger partial charge in [-0.1, -0.05) is 18.7 Å². The van der Waals surface area contributed by atoms with E-state index in [4.69, 9.17) is 10.5 Å². The van der Waals surface area contributed by atoms with Crippen molar-refractivity contribution in [2.45, 2.75) is 25.0 Å². The number of amidine groups is 1. The van der Waals surface area contributed by atoms with Gasteiger partial charge in [-0.25, -0.2) is 9.38 Å². The van der Waals surface area contributed by atoms with Gasteiger partial charge < -0.3 is 10.5 Å². The Kier molecular flexibility index (Phi) is 3.82. The molecule has 0 aromatic heterocycles. The molecular formula is C14H16FN3O3S. The summed E-state index contributed by atoms with van der Waals surface area (Å²) in [6, 6.07) is 3.53. The van der Waals surface area contributed by atoms with Crippen LogP contribution in [0.15, 0.2) is 23.2 Å². The fourth-order valence-electron chi connectivity index (χ4n) is 3.23. The molecule has 0 spiro atoms. The lowest BCUT2D eigenvalue weighted by Gasteiger charge is -2.35. The van der Waals surface area contributed by atoms with Gasteiger partial charge in [-0.15, -0.1) is 0 Å². The summed E-state index contributed by atoms with van der Waals surface area (Å²) in [6.45, 7) is 2.19. The number of hydrogen-bond acceptors (Lipinski definition) is 6. The zero-order valence-electron chi connectivity index (χ0n) is 12.0. The van der Waals surface area contributed by atoms with Gasteiger partial charge >= 0.3 is 0 Å². The van der Waals surface area contributed by atoms with Crippen LogP contribution < -0.4 is 5.73 Å². The molecule has 0 amide bonds. The van der Waals surface area contributed by atoms with Gasteiger partial charge in [-0.05, 0) is 12.5 Å². The van der Waals surface area contributed by atoms with Crippen LogP contribution in [0.5, 0.6) is 0 Å². The number of thioether (sulfide) groups is 1. The van der Waals surface area contributed by atoms with E-state index in [1.807, 2.05) is 6.92 Å². The molecule has 22 heavy (non-hydrogen) atoms. The van der Waals surface area contributed by atoms with Gasteiger partial charge in [-0.2, -0.15) is 0 Å². The second kappa shape index (κ2) is 5.51. The smallest absolute Gasteiger partial charge is 0.270 e. The summed E-state index contributed by atoms with van der Waals surface area (Å²) in [5.41, 5.74) is 4.93. The molecule has 0 saturated carbocycles. The number of nitrogens with two attached hydrogens (primary N) is 1. The molecule has 6 nitrogen and oxygen atoms in total. The molecule has 2 heterocycles. The molecule has 1 fully saturated rings. The van der Waals surface area contributed by atoms with E-state index in [1.165, 1.54) is 17.8 Å². The quantitative estimate of drug-likeness (QED) is 0.681. The second-order valence-corrected chi connectivity index (χ2v) is 6.51. The summed E-state index contributed by atoms with van der Waals surface area (Å²) in [5.74, 6) is 0.0985. The molecule has 0 bridgehead atoms. The number of fused-ring (bicyclic) bond motifs is 1. The fourth-order valence-corrected chi connectivity index (χ4v) is 4.30. The first-order valence-electron chi connectivity index (χ1n) is 7.02. The maximum atomic E-state index is 14.4. The predicted octanol–water partition coefficient (Wildman–Crippen LogP) is 2.42. The van der Waals surface area contributed by atoms with E-state index in [-0.39, 0.29) is 29.9 Å². The Hall–Kier alpha value is -1.67. The summed E-state index contributed by atoms with van der Waals surface area (Å²) >= 11 is 1.41. The number of nitro benzene ring substituents is 1. The molecule has 8 heteroatoms. The van der Waals surface area contributed by atoms with E-state index in [0.29, 0.717) is 10.9 Å². The van der Waals surface area contributed by atoms with Crippen molar-refractivity contribution in [3.8, 4) is 0 Å². The van der Waals surface area contributed by atoms with Gasteiger partial charge in [0, 0.05) is 29.4 Å². The lowest BCUT2D eigenvalue weighted by Crippen LogP contribution is -2.42. The first-order chi connectivity index (χ1) is 10.5. The monoisotopic (exact) mass is 325 g/mol. The zero-order valence-corrected chi connectivity index (χ0v) is 12.8. The van der Waals surface area contributed by atoms with Crippen molar-refractivity contribution in [2.75, 3.05) is 12.4 Å². The molecule has 118 valence electrons. The first kappa shape index (κ1) is 15.2. The van der Waals surface area contributed by atoms with Crippen LogP contribution in [-0.4, -0.2) is 28.6 Å². The Labute approximate surface area is 131 Å². The number of nitro groups is 1. The summed E-state index contributed by atoms with van der Waals surface area (Å²) in [4.78, 5) is 14.9. The fraction of sp³-hybridized carbons (Fsp3) is 0.500. The standard InChI is InChI=1S/C14H16FN3O3S/c1-2-12-10-6-22-13(16)17-14(10,7-21-12)9-5-8(18(19)20)3-4-11(9)15/h3-5,10,12H,2,6-7H2,1H3,(H2,16,17)/t10-,12-,14-/m1/s1. The summed E-state index contributed by atoms with van der Waals surface area (Å²) in [6.07, 6.45) is 0.724. The number of hydrogen-bond donors (Lipinski definition) is 1. The lowest BCUT2D eigenvalue weighted by atomic mass is 9.78. The predicted molar refractivity (Wildman–Crippen MR) is 82.3 cm³/mol. The minimum atomic E-state index is -0.966. The topological polar surface area (TPSA) is 90.8 Å². The Morgan fingerprint density at radius 2 is 2.41 bits per heavy atom. The average Bonchev–Trinajstić information content (AvgIpc) is 2.85. The molecule has 3 rings (SSSR count). The Morgan fingerprint density at radius 1 is 1.64 bits per heavy atom. The van der Waals surface area contributed by atoms with Crippen LogP contribution in [0.4, 0.5) is 10.1 Å². The minimum Gasteiger partial charge on any atom is -0.379 e. The van der Waals surface area contributed by atoms with Crippen molar-refractivity contribution in [1.29, 1.82) is 0 Å². The molecule has 1 saturated heterocycles. The van der Waals surface area contributed by atoms with Crippen molar-refractivity contribution >= 4 is 22.6 Å². The van der Waals surface area contributed by atoms with Crippen molar-refractivity contribution in [3.63, 3.8) is 0 Å². The van der Waals surface area contributed by atoms with Crippen molar-refractivity contribution < 1.29 is 14.1 Å². The molecule has 0 aliphatic carbocycles. The van der Waals surface area contributed by atoms with Crippen LogP contribution in [0.3, 0.4) is 0 Å². The maximum Gasteiger partial charge on any atom is 0.270 e. The molecule has 3 atom stereocenters. The Balaban J connectivity index is 2.16. The first-order valence-corrected chi connectivity index (χ1v) is 8.00. The molecule has 1 aromatic carbocycles. The number of nitrogens with zero attached hydrogens (tertiary/aromatic N) is 2. The highest BCUT2D eigenvalue weighted by Gasteiger charge is 2.53. The Morgan fingerprint density at radius 3 is 3.09 bits per heavy atom. The van der Waals surface area contributed by atoms with Crippen LogP contribution in [0.2, 0.25) is 0 Å². The van der Waals surface area contributed by atoms with Gasteiger partial charge in [0.05, 0.1) is 17.6 Å². The molecule has 0 radical (unpaired) electrons. The highest BCUT2D eigenvalue weighted by atomic mass is 32.2. The normalized spacial score (nSPS) is 30.7. The minimum absolute atomic E-state index is 0.0497. The van der Waals surface area contributed by atoms with E-state index >= 15 is 0 Å². The van der Waals surface area contributed by atoms with Gasteiger partial charge in [0.25, 0.3) is 5.69 Å². The second-order valence-electron chi connectivity index (χ2n) is 5.47. The average molecular weight is 325 g/mol. The zero-order chi connectivity index (χ0) is 15.9. The van der Waals surface area contributed by atoms with Crippen LogP contribution in [0.1, 0.15) is 18.9 Å². The number of aliphatic imine (C=N–C) groups is 1. The highest BCUT2D eigenvalue weighted by Crippen LogP contribution is 2.49. The molecule has 0 unspecified atom stereocenters. The largest absolute Gasteiger partial charge is 0.379 e. The molecular weight excluding hydrogens is 309 g/mol. The number of benzene rings is 1. The lowest BCUT2D eigenvalue weighted by molar-refractivity contribution is -0.385. The van der Waals surface area contributed by atoms with Crippen LogP contribution in [0.25, 0.3) is 0 Å². The third-order valence-electron chi connectivity index (χ3n) is 4.33. The molecule has 2 aliphatic heterocycles. The van der Waals surface area contributed by atoms with Crippen LogP contribution in [0, 0.1) is 21.8 Å². The van der Waals surface area contributed by atoms with Crippen LogP contribution in [-0.2, 0) is 10.3 Å². The van der Waals surface area contributed by atoms with E-state index in [2.05, 4.69) is 4.99 Å². The Bertz CT molecular complexity index is 654. The maximum absolute atomic E-state index is 14.4. The van der Waals surface area contributed by atoms with E-state index in [1.54, 1.807) is 0 Å². The number of ether oxygens (including phenoxy) is 1. The van der Waals surface area contributed by atoms with Crippen molar-refractivity contribution in [3.05, 3.63) is 39.7 Å².